The smallest absolute Gasteiger partial charge is 0.419 e. The number of carbonyl (C=O) groups excluding carboxylic acids is 3. The Morgan fingerprint density at radius 2 is 1.66 bits per heavy atom. The van der Waals surface area contributed by atoms with Gasteiger partial charge < -0.3 is 20.3 Å². The van der Waals surface area contributed by atoms with Crippen molar-refractivity contribution in [1.29, 1.82) is 0 Å². The Labute approximate surface area is 248 Å². The minimum absolute atomic E-state index is 0.0430. The number of nitrogens with zero attached hydrogens (tertiary/aromatic N) is 1. The maximum atomic E-state index is 13.8. The van der Waals surface area contributed by atoms with Gasteiger partial charge in [0.15, 0.2) is 0 Å². The second kappa shape index (κ2) is 11.4. The molecule has 230 valence electrons. The van der Waals surface area contributed by atoms with Gasteiger partial charge in [-0.15, -0.1) is 11.3 Å². The summed E-state index contributed by atoms with van der Waals surface area (Å²) in [4.78, 5) is 40.3. The van der Waals surface area contributed by atoms with Crippen LogP contribution in [0.25, 0.3) is 10.1 Å². The zero-order chi connectivity index (χ0) is 32.0. The third-order valence-electron chi connectivity index (χ3n) is 6.80. The second-order valence-electron chi connectivity index (χ2n) is 9.65. The molecule has 1 aromatic heterocycles. The lowest BCUT2D eigenvalue weighted by Gasteiger charge is -2.18. The fourth-order valence-electron chi connectivity index (χ4n) is 4.71. The van der Waals surface area contributed by atoms with Crippen molar-refractivity contribution in [2.75, 3.05) is 29.2 Å². The van der Waals surface area contributed by atoms with Crippen LogP contribution in [-0.2, 0) is 17.1 Å². The predicted octanol–water partition coefficient (Wildman–Crippen LogP) is 7.72. The molecule has 0 spiro atoms. The standard InChI is InChI=1S/C29H20F7N3O4S/c1-43-21-9-6-16(39-10-2-3-23(39)40)13-18(21)26(41)38-24-17-7-4-14(28(31,32)33)11-22(17)44-25(24)27(42)37-15-5-8-20(30)19(12-15)29(34,35)36/h4-9,11-13H,2-3,10H2,1H3,(H,37,42)(H,38,41). The number of amides is 3. The van der Waals surface area contributed by atoms with Gasteiger partial charge in [-0.1, -0.05) is 6.07 Å². The van der Waals surface area contributed by atoms with Crippen LogP contribution >= 0.6 is 11.3 Å². The van der Waals surface area contributed by atoms with Gasteiger partial charge in [0.25, 0.3) is 11.8 Å². The summed E-state index contributed by atoms with van der Waals surface area (Å²) >= 11 is 0.558. The summed E-state index contributed by atoms with van der Waals surface area (Å²) in [5, 5.41) is 4.77. The van der Waals surface area contributed by atoms with E-state index in [0.29, 0.717) is 48.5 Å². The number of benzene rings is 3. The Balaban J connectivity index is 1.56. The van der Waals surface area contributed by atoms with Crippen molar-refractivity contribution in [3.8, 4) is 5.75 Å². The highest BCUT2D eigenvalue weighted by molar-refractivity contribution is 7.21. The van der Waals surface area contributed by atoms with Crippen LogP contribution < -0.4 is 20.3 Å². The molecule has 0 aliphatic carbocycles. The first-order valence-corrected chi connectivity index (χ1v) is 13.6. The molecule has 44 heavy (non-hydrogen) atoms. The molecule has 7 nitrogen and oxygen atoms in total. The van der Waals surface area contributed by atoms with E-state index in [4.69, 9.17) is 4.74 Å². The minimum atomic E-state index is -5.07. The van der Waals surface area contributed by atoms with Crippen molar-refractivity contribution in [2.45, 2.75) is 25.2 Å². The largest absolute Gasteiger partial charge is 0.496 e. The van der Waals surface area contributed by atoms with Crippen LogP contribution in [0.1, 0.15) is 44.0 Å². The molecule has 0 saturated carbocycles. The number of ether oxygens (including phenoxy) is 1. The van der Waals surface area contributed by atoms with Crippen molar-refractivity contribution in [3.63, 3.8) is 0 Å². The van der Waals surface area contributed by atoms with Crippen LogP contribution in [-0.4, -0.2) is 31.4 Å². The van der Waals surface area contributed by atoms with E-state index in [1.807, 2.05) is 0 Å². The average Bonchev–Trinajstić information content (AvgIpc) is 3.55. The molecule has 5 rings (SSSR count). The molecule has 4 aromatic rings. The fraction of sp³-hybridized carbons (Fsp3) is 0.207. The molecule has 1 fully saturated rings. The molecule has 1 aliphatic rings. The average molecular weight is 640 g/mol. The number of nitrogens with one attached hydrogen (secondary N) is 2. The van der Waals surface area contributed by atoms with E-state index in [0.717, 1.165) is 24.3 Å². The van der Waals surface area contributed by atoms with Gasteiger partial charge in [-0.2, -0.15) is 26.3 Å². The third-order valence-corrected chi connectivity index (χ3v) is 7.96. The second-order valence-corrected chi connectivity index (χ2v) is 10.7. The molecule has 2 heterocycles. The van der Waals surface area contributed by atoms with Gasteiger partial charge in [-0.25, -0.2) is 4.39 Å². The van der Waals surface area contributed by atoms with E-state index in [-0.39, 0.29) is 37.9 Å². The summed E-state index contributed by atoms with van der Waals surface area (Å²) in [6, 6.07) is 8.76. The number of thiophene rings is 1. The van der Waals surface area contributed by atoms with Crippen molar-refractivity contribution < 1.29 is 49.9 Å². The molecule has 0 unspecified atom stereocenters. The SMILES string of the molecule is COc1ccc(N2CCCC2=O)cc1C(=O)Nc1c(C(=O)Nc2ccc(F)c(C(F)(F)F)c2)sc2cc(C(F)(F)F)ccc12. The summed E-state index contributed by atoms with van der Waals surface area (Å²) in [7, 11) is 1.29. The summed E-state index contributed by atoms with van der Waals surface area (Å²) in [5.41, 5.74) is -3.00. The number of anilines is 3. The van der Waals surface area contributed by atoms with Gasteiger partial charge >= 0.3 is 12.4 Å². The maximum Gasteiger partial charge on any atom is 0.419 e. The van der Waals surface area contributed by atoms with E-state index < -0.39 is 46.8 Å². The van der Waals surface area contributed by atoms with E-state index >= 15 is 0 Å². The van der Waals surface area contributed by atoms with E-state index in [1.165, 1.54) is 24.1 Å². The van der Waals surface area contributed by atoms with E-state index in [1.54, 1.807) is 6.07 Å². The number of fused-ring (bicyclic) bond motifs is 1. The third kappa shape index (κ3) is 6.04. The van der Waals surface area contributed by atoms with Crippen molar-refractivity contribution in [1.82, 2.24) is 0 Å². The number of alkyl halides is 6. The summed E-state index contributed by atoms with van der Waals surface area (Å²) in [5.74, 6) is -3.55. The van der Waals surface area contributed by atoms with Gasteiger partial charge in [-0.3, -0.25) is 14.4 Å². The van der Waals surface area contributed by atoms with Crippen molar-refractivity contribution >= 4 is 56.2 Å². The van der Waals surface area contributed by atoms with Crippen molar-refractivity contribution in [2.24, 2.45) is 0 Å². The van der Waals surface area contributed by atoms with Gasteiger partial charge in [0.2, 0.25) is 5.91 Å². The van der Waals surface area contributed by atoms with Gasteiger partial charge in [0.05, 0.1) is 29.5 Å². The molecule has 0 bridgehead atoms. The minimum Gasteiger partial charge on any atom is -0.496 e. The van der Waals surface area contributed by atoms with Gasteiger partial charge in [0.1, 0.15) is 16.4 Å². The van der Waals surface area contributed by atoms with Crippen LogP contribution in [0.4, 0.5) is 47.8 Å². The Bertz CT molecular complexity index is 1800. The molecule has 0 atom stereocenters. The molecule has 2 N–H and O–H groups in total. The quantitative estimate of drug-likeness (QED) is 0.212. The molecule has 15 heteroatoms. The van der Waals surface area contributed by atoms with Gasteiger partial charge in [0, 0.05) is 34.4 Å². The highest BCUT2D eigenvalue weighted by Crippen LogP contribution is 2.41. The Morgan fingerprint density at radius 1 is 0.909 bits per heavy atom. The van der Waals surface area contributed by atoms with E-state index in [2.05, 4.69) is 10.6 Å². The molecule has 0 radical (unpaired) electrons. The van der Waals surface area contributed by atoms with Crippen LogP contribution in [0.3, 0.4) is 0 Å². The summed E-state index contributed by atoms with van der Waals surface area (Å²) in [6.07, 6.45) is -8.86. The number of rotatable bonds is 6. The first-order valence-electron chi connectivity index (χ1n) is 12.8. The highest BCUT2D eigenvalue weighted by atomic mass is 32.1. The monoisotopic (exact) mass is 639 g/mol. The zero-order valence-electron chi connectivity index (χ0n) is 22.5. The maximum absolute atomic E-state index is 13.8. The van der Waals surface area contributed by atoms with Gasteiger partial charge in [-0.05, 0) is 55.0 Å². The Hall–Kier alpha value is -4.66. The first kappa shape index (κ1) is 30.8. The van der Waals surface area contributed by atoms with Crippen LogP contribution in [0, 0.1) is 5.82 Å². The Morgan fingerprint density at radius 3 is 2.30 bits per heavy atom. The number of carbonyl (C=O) groups is 3. The number of hydrogen-bond acceptors (Lipinski definition) is 5. The van der Waals surface area contributed by atoms with Crippen LogP contribution in [0.15, 0.2) is 54.6 Å². The predicted molar refractivity (Wildman–Crippen MR) is 149 cm³/mol. The molecule has 3 aromatic carbocycles. The number of methoxy groups -OCH3 is 1. The summed E-state index contributed by atoms with van der Waals surface area (Å²) < 4.78 is 99.0. The molecule has 1 aliphatic heterocycles. The first-order chi connectivity index (χ1) is 20.7. The molecule has 3 amide bonds. The highest BCUT2D eigenvalue weighted by Gasteiger charge is 2.35. The van der Waals surface area contributed by atoms with Crippen LogP contribution in [0.2, 0.25) is 0 Å². The lowest BCUT2D eigenvalue weighted by Crippen LogP contribution is -2.24. The van der Waals surface area contributed by atoms with Crippen molar-refractivity contribution in [3.05, 3.63) is 82.0 Å². The lowest BCUT2D eigenvalue weighted by molar-refractivity contribution is -0.140. The molecular formula is C29H20F7N3O4S. The summed E-state index contributed by atoms with van der Waals surface area (Å²) in [6.45, 7) is 0.423. The molecular weight excluding hydrogens is 619 g/mol. The fourth-order valence-corrected chi connectivity index (χ4v) is 5.80. The Kier molecular flexibility index (Phi) is 8.01. The normalized spacial score (nSPS) is 13.8. The topological polar surface area (TPSA) is 87.7 Å². The van der Waals surface area contributed by atoms with Crippen LogP contribution in [0.5, 0.6) is 5.75 Å². The lowest BCUT2D eigenvalue weighted by atomic mass is 10.1. The number of halogens is 7. The number of hydrogen-bond donors (Lipinski definition) is 2. The molecule has 1 saturated heterocycles. The van der Waals surface area contributed by atoms with E-state index in [9.17, 15) is 45.1 Å². The zero-order valence-corrected chi connectivity index (χ0v) is 23.3.